The lowest BCUT2D eigenvalue weighted by Gasteiger charge is -2.18. The summed E-state index contributed by atoms with van der Waals surface area (Å²) < 4.78 is 6.22. The van der Waals surface area contributed by atoms with E-state index < -0.39 is 17.9 Å². The van der Waals surface area contributed by atoms with Crippen LogP contribution in [0.5, 0.6) is 0 Å². The smallest absolute Gasteiger partial charge is 0.328 e. The second-order valence-corrected chi connectivity index (χ2v) is 7.85. The number of H-pyrrole nitrogens is 1. The second-order valence-electron chi connectivity index (χ2n) is 7.85. The van der Waals surface area contributed by atoms with Crippen LogP contribution in [0.4, 0.5) is 0 Å². The molecule has 0 aliphatic rings. The Bertz CT molecular complexity index is 1370. The average molecular weight is 432 g/mol. The van der Waals surface area contributed by atoms with E-state index in [0.29, 0.717) is 10.8 Å². The Kier molecular flexibility index (Phi) is 5.77. The molecule has 0 radical (unpaired) electrons. The van der Waals surface area contributed by atoms with Crippen LogP contribution < -0.4 is 10.9 Å². The Labute approximate surface area is 184 Å². The van der Waals surface area contributed by atoms with Gasteiger partial charge in [-0.1, -0.05) is 36.4 Å². The summed E-state index contributed by atoms with van der Waals surface area (Å²) in [6, 6.07) is 13.4. The molecule has 0 fully saturated rings. The predicted molar refractivity (Wildman–Crippen MR) is 122 cm³/mol. The normalized spacial score (nSPS) is 12.2. The van der Waals surface area contributed by atoms with Gasteiger partial charge in [0.05, 0.1) is 18.5 Å². The number of nitrogens with one attached hydrogen (secondary N) is 2. The van der Waals surface area contributed by atoms with Gasteiger partial charge in [0.25, 0.3) is 11.5 Å². The van der Waals surface area contributed by atoms with Crippen molar-refractivity contribution in [3.05, 3.63) is 76.3 Å². The first-order chi connectivity index (χ1) is 15.4. The zero-order chi connectivity index (χ0) is 22.8. The predicted octanol–water partition coefficient (Wildman–Crippen LogP) is 2.97. The number of esters is 1. The molecule has 0 spiro atoms. The maximum atomic E-state index is 13.3. The number of aromatic nitrogens is 3. The molecule has 0 bridgehead atoms. The molecule has 1 unspecified atom stereocenters. The molecule has 2 aromatic carbocycles. The highest BCUT2D eigenvalue weighted by atomic mass is 16.5. The van der Waals surface area contributed by atoms with Crippen molar-refractivity contribution in [3.8, 4) is 0 Å². The Morgan fingerprint density at radius 2 is 1.72 bits per heavy atom. The zero-order valence-corrected chi connectivity index (χ0v) is 18.1. The molecule has 8 heteroatoms. The van der Waals surface area contributed by atoms with Gasteiger partial charge in [0, 0.05) is 28.9 Å². The molecule has 8 nitrogen and oxygen atoms in total. The van der Waals surface area contributed by atoms with Crippen LogP contribution in [0.1, 0.15) is 35.9 Å². The molecule has 4 rings (SSSR count). The van der Waals surface area contributed by atoms with E-state index in [4.69, 9.17) is 4.74 Å². The number of para-hydroxylation sites is 1. The van der Waals surface area contributed by atoms with Gasteiger partial charge in [0.15, 0.2) is 5.69 Å². The van der Waals surface area contributed by atoms with Crippen molar-refractivity contribution in [1.29, 1.82) is 0 Å². The van der Waals surface area contributed by atoms with Crippen molar-refractivity contribution in [1.82, 2.24) is 20.1 Å². The van der Waals surface area contributed by atoms with E-state index in [1.807, 2.05) is 44.3 Å². The third-order valence-electron chi connectivity index (χ3n) is 5.42. The highest BCUT2D eigenvalue weighted by Crippen LogP contribution is 2.20. The van der Waals surface area contributed by atoms with E-state index >= 15 is 0 Å². The molecule has 1 atom stereocenters. The molecular formula is C24H24N4O4. The summed E-state index contributed by atoms with van der Waals surface area (Å²) in [6.45, 7) is 3.64. The van der Waals surface area contributed by atoms with Crippen molar-refractivity contribution in [2.45, 2.75) is 32.4 Å². The number of methoxy groups -OCH3 is 1. The molecule has 32 heavy (non-hydrogen) atoms. The first kappa shape index (κ1) is 21.3. The van der Waals surface area contributed by atoms with Gasteiger partial charge in [-0.15, -0.1) is 0 Å². The first-order valence-corrected chi connectivity index (χ1v) is 10.4. The number of carbonyl (C=O) groups is 2. The molecule has 0 saturated carbocycles. The molecule has 4 aromatic rings. The van der Waals surface area contributed by atoms with E-state index in [1.165, 1.54) is 11.8 Å². The van der Waals surface area contributed by atoms with E-state index in [2.05, 4.69) is 15.4 Å². The molecule has 2 aromatic heterocycles. The van der Waals surface area contributed by atoms with Crippen molar-refractivity contribution in [3.63, 3.8) is 0 Å². The fourth-order valence-corrected chi connectivity index (χ4v) is 3.81. The summed E-state index contributed by atoms with van der Waals surface area (Å²) in [5.74, 6) is -1.11. The zero-order valence-electron chi connectivity index (χ0n) is 18.1. The van der Waals surface area contributed by atoms with Crippen LogP contribution in [0.3, 0.4) is 0 Å². The number of carbonyl (C=O) groups excluding carboxylic acids is 2. The summed E-state index contributed by atoms with van der Waals surface area (Å²) in [4.78, 5) is 41.7. The highest BCUT2D eigenvalue weighted by Gasteiger charge is 2.26. The lowest BCUT2D eigenvalue weighted by molar-refractivity contribution is -0.142. The summed E-state index contributed by atoms with van der Waals surface area (Å²) in [7, 11) is 1.28. The van der Waals surface area contributed by atoms with Crippen LogP contribution in [0.2, 0.25) is 0 Å². The standard InChI is InChI=1S/C24H24N4O4/c1-14(2)28-23(30)18-10-5-4-9-17(18)21(27-28)22(29)26-20(24(31)32-3)12-15-13-25-19-11-7-6-8-16(15)19/h4-11,13-14,20,25H,12H2,1-3H3,(H,26,29). The highest BCUT2D eigenvalue weighted by molar-refractivity contribution is 6.06. The molecule has 2 heterocycles. The summed E-state index contributed by atoms with van der Waals surface area (Å²) in [5.41, 5.74) is 1.63. The Hall–Kier alpha value is -3.94. The second kappa shape index (κ2) is 8.66. The van der Waals surface area contributed by atoms with Crippen molar-refractivity contribution in [2.75, 3.05) is 7.11 Å². The van der Waals surface area contributed by atoms with E-state index in [9.17, 15) is 14.4 Å². The van der Waals surface area contributed by atoms with Crippen LogP contribution in [0.15, 0.2) is 59.5 Å². The monoisotopic (exact) mass is 432 g/mol. The van der Waals surface area contributed by atoms with Gasteiger partial charge in [-0.2, -0.15) is 5.10 Å². The van der Waals surface area contributed by atoms with Gasteiger partial charge in [-0.25, -0.2) is 9.48 Å². The number of hydrogen-bond acceptors (Lipinski definition) is 5. The third-order valence-corrected chi connectivity index (χ3v) is 5.42. The van der Waals surface area contributed by atoms with E-state index in [0.717, 1.165) is 16.5 Å². The number of aromatic amines is 1. The van der Waals surface area contributed by atoms with Gasteiger partial charge < -0.3 is 15.0 Å². The topological polar surface area (TPSA) is 106 Å². The third kappa shape index (κ3) is 3.87. The molecule has 164 valence electrons. The largest absolute Gasteiger partial charge is 0.467 e. The minimum atomic E-state index is -0.924. The summed E-state index contributed by atoms with van der Waals surface area (Å²) in [6.07, 6.45) is 2.06. The van der Waals surface area contributed by atoms with Crippen LogP contribution in [-0.4, -0.2) is 39.8 Å². The SMILES string of the molecule is COC(=O)C(Cc1c[nH]c2ccccc12)NC(=O)c1nn(C(C)C)c(=O)c2ccccc12. The van der Waals surface area contributed by atoms with Gasteiger partial charge in [0.1, 0.15) is 6.04 Å². The molecule has 1 amide bonds. The Morgan fingerprint density at radius 3 is 2.41 bits per heavy atom. The fourth-order valence-electron chi connectivity index (χ4n) is 3.81. The Balaban J connectivity index is 1.71. The Morgan fingerprint density at radius 1 is 1.06 bits per heavy atom. The maximum Gasteiger partial charge on any atom is 0.328 e. The van der Waals surface area contributed by atoms with E-state index in [-0.39, 0.29) is 23.7 Å². The van der Waals surface area contributed by atoms with Crippen LogP contribution in [0, 0.1) is 0 Å². The number of benzene rings is 2. The number of hydrogen-bond donors (Lipinski definition) is 2. The first-order valence-electron chi connectivity index (χ1n) is 10.4. The lowest BCUT2D eigenvalue weighted by Crippen LogP contribution is -2.44. The van der Waals surface area contributed by atoms with Crippen molar-refractivity contribution < 1.29 is 14.3 Å². The van der Waals surface area contributed by atoms with Crippen molar-refractivity contribution in [2.24, 2.45) is 0 Å². The molecule has 0 aliphatic carbocycles. The summed E-state index contributed by atoms with van der Waals surface area (Å²) in [5, 5.41) is 8.87. The minimum absolute atomic E-state index is 0.0849. The fraction of sp³-hybridized carbons (Fsp3) is 0.250. The number of amides is 1. The van der Waals surface area contributed by atoms with Crippen LogP contribution >= 0.6 is 0 Å². The molecular weight excluding hydrogens is 408 g/mol. The minimum Gasteiger partial charge on any atom is -0.467 e. The molecule has 0 saturated heterocycles. The van der Waals surface area contributed by atoms with Gasteiger partial charge >= 0.3 is 5.97 Å². The number of fused-ring (bicyclic) bond motifs is 2. The lowest BCUT2D eigenvalue weighted by atomic mass is 10.0. The number of ether oxygens (including phenoxy) is 1. The van der Waals surface area contributed by atoms with Gasteiger partial charge in [-0.05, 0) is 31.5 Å². The van der Waals surface area contributed by atoms with Gasteiger partial charge in [0.2, 0.25) is 0 Å². The van der Waals surface area contributed by atoms with Crippen LogP contribution in [0.25, 0.3) is 21.7 Å². The molecule has 2 N–H and O–H groups in total. The van der Waals surface area contributed by atoms with Gasteiger partial charge in [-0.3, -0.25) is 9.59 Å². The molecule has 0 aliphatic heterocycles. The number of rotatable bonds is 6. The van der Waals surface area contributed by atoms with Crippen molar-refractivity contribution >= 4 is 33.6 Å². The summed E-state index contributed by atoms with van der Waals surface area (Å²) >= 11 is 0. The average Bonchev–Trinajstić information content (AvgIpc) is 3.21. The van der Waals surface area contributed by atoms with E-state index in [1.54, 1.807) is 24.3 Å². The maximum absolute atomic E-state index is 13.3. The van der Waals surface area contributed by atoms with Crippen LogP contribution in [-0.2, 0) is 16.0 Å². The quantitative estimate of drug-likeness (QED) is 0.456. The number of nitrogens with zero attached hydrogens (tertiary/aromatic N) is 2.